The predicted molar refractivity (Wildman–Crippen MR) is 79.1 cm³/mol. The summed E-state index contributed by atoms with van der Waals surface area (Å²) < 4.78 is 0. The first-order valence-electron chi connectivity index (χ1n) is 6.30. The van der Waals surface area contributed by atoms with E-state index in [2.05, 4.69) is 5.32 Å². The van der Waals surface area contributed by atoms with Crippen LogP contribution >= 0.6 is 11.6 Å². The zero-order valence-corrected chi connectivity index (χ0v) is 11.6. The molecular weight excluding hydrogens is 290 g/mol. The fourth-order valence-corrected chi connectivity index (χ4v) is 2.50. The van der Waals surface area contributed by atoms with Gasteiger partial charge in [-0.1, -0.05) is 36.4 Å². The number of hydrogen-bond acceptors (Lipinski definition) is 3. The summed E-state index contributed by atoms with van der Waals surface area (Å²) in [5.74, 6) is -1.14. The molecule has 1 N–H and O–H groups in total. The van der Waals surface area contributed by atoms with Crippen molar-refractivity contribution in [3.63, 3.8) is 0 Å². The molecule has 2 aromatic carbocycles. The van der Waals surface area contributed by atoms with E-state index < -0.39 is 5.91 Å². The lowest BCUT2D eigenvalue weighted by Gasteiger charge is -2.20. The molecule has 0 unspecified atom stereocenters. The highest BCUT2D eigenvalue weighted by molar-refractivity contribution is 6.32. The molecule has 5 heteroatoms. The lowest BCUT2D eigenvalue weighted by molar-refractivity contribution is -0.113. The van der Waals surface area contributed by atoms with E-state index in [0.29, 0.717) is 22.4 Å². The second-order valence-corrected chi connectivity index (χ2v) is 4.88. The molecule has 0 saturated carbocycles. The summed E-state index contributed by atoms with van der Waals surface area (Å²) >= 11 is 5.47. The average Bonchev–Trinajstić information content (AvgIpc) is 2.52. The molecule has 21 heavy (non-hydrogen) atoms. The van der Waals surface area contributed by atoms with Gasteiger partial charge in [0.1, 0.15) is 5.88 Å². The first kappa shape index (κ1) is 13.5. The number of halogens is 1. The highest BCUT2D eigenvalue weighted by Crippen LogP contribution is 2.31. The maximum atomic E-state index is 12.6. The van der Waals surface area contributed by atoms with Crippen molar-refractivity contribution < 1.29 is 14.4 Å². The minimum Gasteiger partial charge on any atom is -0.324 e. The van der Waals surface area contributed by atoms with E-state index in [0.717, 1.165) is 0 Å². The van der Waals surface area contributed by atoms with Crippen molar-refractivity contribution in [1.29, 1.82) is 0 Å². The Kier molecular flexibility index (Phi) is 3.31. The second kappa shape index (κ2) is 5.14. The minimum atomic E-state index is -0.427. The minimum absolute atomic E-state index is 0.220. The first-order chi connectivity index (χ1) is 10.1. The highest BCUT2D eigenvalue weighted by atomic mass is 35.5. The van der Waals surface area contributed by atoms with Gasteiger partial charge in [0.2, 0.25) is 5.91 Å². The van der Waals surface area contributed by atoms with Crippen LogP contribution in [-0.4, -0.2) is 23.4 Å². The Morgan fingerprint density at radius 2 is 1.52 bits per heavy atom. The predicted octanol–water partition coefficient (Wildman–Crippen LogP) is 2.64. The number of anilines is 1. The summed E-state index contributed by atoms with van der Waals surface area (Å²) in [6, 6.07) is 11.5. The Labute approximate surface area is 125 Å². The van der Waals surface area contributed by atoms with Crippen LogP contribution in [0, 0.1) is 0 Å². The van der Waals surface area contributed by atoms with E-state index in [-0.39, 0.29) is 23.0 Å². The summed E-state index contributed by atoms with van der Waals surface area (Å²) in [5, 5.41) is 2.56. The Bertz CT molecular complexity index is 783. The standard InChI is InChI=1S/C16H10ClNO3/c17-8-13(19)18-12-7-3-6-11-14(12)16(21)10-5-2-1-4-9(10)15(11)20/h1-7H,8H2,(H,18,19). The van der Waals surface area contributed by atoms with Crippen LogP contribution in [0.2, 0.25) is 0 Å². The largest absolute Gasteiger partial charge is 0.324 e. The number of ketones is 2. The third-order valence-electron chi connectivity index (χ3n) is 3.35. The van der Waals surface area contributed by atoms with Gasteiger partial charge in [-0.05, 0) is 6.07 Å². The van der Waals surface area contributed by atoms with Crippen LogP contribution in [0.25, 0.3) is 0 Å². The number of nitrogens with one attached hydrogen (secondary N) is 1. The molecule has 1 aliphatic rings. The van der Waals surface area contributed by atoms with E-state index in [1.165, 1.54) is 0 Å². The van der Waals surface area contributed by atoms with Crippen LogP contribution in [0.3, 0.4) is 0 Å². The zero-order valence-electron chi connectivity index (χ0n) is 10.9. The van der Waals surface area contributed by atoms with Crippen LogP contribution in [0.4, 0.5) is 5.69 Å². The Balaban J connectivity index is 2.19. The van der Waals surface area contributed by atoms with Gasteiger partial charge in [0.05, 0.1) is 11.3 Å². The number of benzene rings is 2. The van der Waals surface area contributed by atoms with Gasteiger partial charge in [0, 0.05) is 16.7 Å². The number of carbonyl (C=O) groups is 3. The average molecular weight is 300 g/mol. The van der Waals surface area contributed by atoms with Crippen LogP contribution in [-0.2, 0) is 4.79 Å². The highest BCUT2D eigenvalue weighted by Gasteiger charge is 2.31. The van der Waals surface area contributed by atoms with Gasteiger partial charge in [-0.3, -0.25) is 14.4 Å². The van der Waals surface area contributed by atoms with Crippen LogP contribution in [0.1, 0.15) is 31.8 Å². The van der Waals surface area contributed by atoms with Crippen molar-refractivity contribution in [3.05, 3.63) is 64.7 Å². The van der Waals surface area contributed by atoms with Gasteiger partial charge >= 0.3 is 0 Å². The topological polar surface area (TPSA) is 63.2 Å². The molecule has 0 bridgehead atoms. The number of fused-ring (bicyclic) bond motifs is 2. The fraction of sp³-hybridized carbons (Fsp3) is 0.0625. The van der Waals surface area contributed by atoms with Gasteiger partial charge in [-0.2, -0.15) is 0 Å². The molecular formula is C16H10ClNO3. The molecule has 0 aliphatic heterocycles. The van der Waals surface area contributed by atoms with Gasteiger partial charge in [-0.15, -0.1) is 11.6 Å². The third kappa shape index (κ3) is 2.14. The van der Waals surface area contributed by atoms with Crippen LogP contribution in [0.5, 0.6) is 0 Å². The van der Waals surface area contributed by atoms with E-state index in [1.807, 2.05) is 0 Å². The van der Waals surface area contributed by atoms with E-state index in [1.54, 1.807) is 42.5 Å². The van der Waals surface area contributed by atoms with Gasteiger partial charge in [-0.25, -0.2) is 0 Å². The second-order valence-electron chi connectivity index (χ2n) is 4.61. The molecule has 0 radical (unpaired) electrons. The molecule has 0 fully saturated rings. The Morgan fingerprint density at radius 1 is 0.905 bits per heavy atom. The van der Waals surface area contributed by atoms with Crippen molar-refractivity contribution in [1.82, 2.24) is 0 Å². The van der Waals surface area contributed by atoms with Crippen molar-refractivity contribution in [3.8, 4) is 0 Å². The SMILES string of the molecule is O=C(CCl)Nc1cccc2c1C(=O)c1ccccc1C2=O. The summed E-state index contributed by atoms with van der Waals surface area (Å²) in [6.45, 7) is 0. The summed E-state index contributed by atoms with van der Waals surface area (Å²) in [7, 11) is 0. The number of amides is 1. The fourth-order valence-electron chi connectivity index (χ4n) is 2.43. The van der Waals surface area contributed by atoms with Crippen LogP contribution < -0.4 is 5.32 Å². The number of carbonyl (C=O) groups excluding carboxylic acids is 3. The quantitative estimate of drug-likeness (QED) is 0.740. The zero-order chi connectivity index (χ0) is 15.0. The molecule has 2 aromatic rings. The molecule has 4 nitrogen and oxygen atoms in total. The van der Waals surface area contributed by atoms with Crippen molar-refractivity contribution >= 4 is 34.8 Å². The molecule has 104 valence electrons. The summed E-state index contributed by atoms with van der Waals surface area (Å²) in [5.41, 5.74) is 1.56. The maximum Gasteiger partial charge on any atom is 0.239 e. The smallest absolute Gasteiger partial charge is 0.239 e. The van der Waals surface area contributed by atoms with Crippen molar-refractivity contribution in [2.24, 2.45) is 0 Å². The molecule has 3 rings (SSSR count). The lowest BCUT2D eigenvalue weighted by Crippen LogP contribution is -2.24. The number of alkyl halides is 1. The molecule has 1 amide bonds. The number of rotatable bonds is 2. The van der Waals surface area contributed by atoms with E-state index in [4.69, 9.17) is 11.6 Å². The van der Waals surface area contributed by atoms with Crippen LogP contribution in [0.15, 0.2) is 42.5 Å². The molecule has 0 atom stereocenters. The molecule has 1 aliphatic carbocycles. The molecule has 0 spiro atoms. The van der Waals surface area contributed by atoms with E-state index in [9.17, 15) is 14.4 Å². The molecule has 0 heterocycles. The first-order valence-corrected chi connectivity index (χ1v) is 6.84. The lowest BCUT2D eigenvalue weighted by atomic mass is 9.83. The van der Waals surface area contributed by atoms with Gasteiger partial charge in [0.15, 0.2) is 11.6 Å². The molecule has 0 aromatic heterocycles. The van der Waals surface area contributed by atoms with Crippen molar-refractivity contribution in [2.45, 2.75) is 0 Å². The Morgan fingerprint density at radius 3 is 2.19 bits per heavy atom. The summed E-state index contributed by atoms with van der Waals surface area (Å²) in [4.78, 5) is 36.5. The normalized spacial score (nSPS) is 12.6. The Hall–Kier alpha value is -2.46. The summed E-state index contributed by atoms with van der Waals surface area (Å²) in [6.07, 6.45) is 0. The van der Waals surface area contributed by atoms with Gasteiger partial charge in [0.25, 0.3) is 0 Å². The third-order valence-corrected chi connectivity index (χ3v) is 3.59. The van der Waals surface area contributed by atoms with Gasteiger partial charge < -0.3 is 5.32 Å². The van der Waals surface area contributed by atoms with Crippen molar-refractivity contribution in [2.75, 3.05) is 11.2 Å². The number of hydrogen-bond donors (Lipinski definition) is 1. The monoisotopic (exact) mass is 299 g/mol. The molecule has 0 saturated heterocycles. The van der Waals surface area contributed by atoms with E-state index >= 15 is 0 Å². The maximum absolute atomic E-state index is 12.6.